The molecule has 9 rings (SSSR count). The van der Waals surface area contributed by atoms with Gasteiger partial charge in [0, 0.05) is 37.7 Å². The highest BCUT2D eigenvalue weighted by Gasteiger charge is 2.40. The van der Waals surface area contributed by atoms with Crippen molar-refractivity contribution in [3.63, 3.8) is 0 Å². The Morgan fingerprint density at radius 3 is 1.95 bits per heavy atom. The van der Waals surface area contributed by atoms with Crippen LogP contribution in [0.2, 0.25) is 0 Å². The number of rotatable bonds is 9. The molecule has 4 atom stereocenters. The Morgan fingerprint density at radius 1 is 0.607 bits per heavy atom. The zero-order valence-electron chi connectivity index (χ0n) is 32.3. The van der Waals surface area contributed by atoms with Crippen molar-refractivity contribution in [1.82, 2.24) is 9.80 Å². The second-order valence-electron chi connectivity index (χ2n) is 16.5. The van der Waals surface area contributed by atoms with Crippen LogP contribution in [-0.2, 0) is 12.8 Å². The summed E-state index contributed by atoms with van der Waals surface area (Å²) in [6.45, 7) is 5.33. The molecule has 2 N–H and O–H groups in total. The molecule has 6 nitrogen and oxygen atoms in total. The molecule has 9 heteroatoms. The van der Waals surface area contributed by atoms with Gasteiger partial charge in [-0.25, -0.2) is 0 Å². The van der Waals surface area contributed by atoms with E-state index in [2.05, 4.69) is 75.2 Å². The number of ether oxygens (including phenoxy) is 3. The molecule has 1 saturated carbocycles. The van der Waals surface area contributed by atoms with Crippen molar-refractivity contribution >= 4 is 0 Å². The Morgan fingerprint density at radius 2 is 1.23 bits per heavy atom. The lowest BCUT2D eigenvalue weighted by atomic mass is 9.96. The van der Waals surface area contributed by atoms with Crippen LogP contribution in [0.15, 0.2) is 97.1 Å². The SMILES string of the molecule is FC(F)(F)Oc1cccc(O[C@@H]2c3ccccc3C[C@@H]2CN2CCCCC2)c1.NC1CCN(C2Cc3ccccc3C2Oc2ccccc2C2CCCC2)CC1. The Balaban J connectivity index is 0.000000157. The first kappa shape index (κ1) is 38.8. The summed E-state index contributed by atoms with van der Waals surface area (Å²) in [6.07, 6.45) is 8.47. The number of halogens is 3. The van der Waals surface area contributed by atoms with Crippen LogP contribution in [0.5, 0.6) is 17.2 Å². The minimum atomic E-state index is -4.71. The van der Waals surface area contributed by atoms with Crippen molar-refractivity contribution in [2.45, 2.75) is 107 Å². The van der Waals surface area contributed by atoms with Gasteiger partial charge >= 0.3 is 6.36 Å². The van der Waals surface area contributed by atoms with E-state index < -0.39 is 6.36 Å². The normalized spacial score (nSPS) is 24.6. The van der Waals surface area contributed by atoms with E-state index in [9.17, 15) is 13.2 Å². The highest BCUT2D eigenvalue weighted by molar-refractivity contribution is 5.42. The van der Waals surface area contributed by atoms with Crippen molar-refractivity contribution in [3.8, 4) is 17.2 Å². The van der Waals surface area contributed by atoms with Crippen molar-refractivity contribution < 1.29 is 27.4 Å². The summed E-state index contributed by atoms with van der Waals surface area (Å²) < 4.78 is 54.7. The number of benzene rings is 4. The standard InChI is InChI=1S/C25H32N2O.C22H24F3NO2/c26-20-13-15-27(16-14-20)23-17-19-9-3-4-11-22(19)25(23)28-24-12-6-5-10-21(24)18-7-1-2-8-18;23-22(24,25)28-19-9-6-8-18(14-19)27-21-17(15-26-11-4-1-5-12-26)13-16-7-2-3-10-20(16)21/h3-6,9-12,18,20,23,25H,1-2,7-8,13-17,26H2;2-3,6-10,14,17,21H,1,4-5,11-13,15H2/t;17-,21+/m.1/s1. The van der Waals surface area contributed by atoms with Gasteiger partial charge in [-0.1, -0.05) is 92.1 Å². The van der Waals surface area contributed by atoms with E-state index >= 15 is 0 Å². The summed E-state index contributed by atoms with van der Waals surface area (Å²) in [6, 6.07) is 32.4. The molecule has 298 valence electrons. The summed E-state index contributed by atoms with van der Waals surface area (Å²) >= 11 is 0. The largest absolute Gasteiger partial charge is 0.573 e. The van der Waals surface area contributed by atoms with Crippen molar-refractivity contribution in [2.24, 2.45) is 11.7 Å². The number of hydrogen-bond donors (Lipinski definition) is 1. The molecule has 0 bridgehead atoms. The first-order valence-electron chi connectivity index (χ1n) is 20.9. The van der Waals surface area contributed by atoms with Gasteiger partial charge in [-0.2, -0.15) is 0 Å². The molecule has 0 spiro atoms. The molecule has 2 heterocycles. The number of nitrogens with two attached hydrogens (primary N) is 1. The van der Waals surface area contributed by atoms with E-state index in [1.165, 1.54) is 85.4 Å². The molecule has 4 aromatic rings. The van der Waals surface area contributed by atoms with Crippen LogP contribution in [0.4, 0.5) is 13.2 Å². The summed E-state index contributed by atoms with van der Waals surface area (Å²) in [5.74, 6) is 2.19. The van der Waals surface area contributed by atoms with Crippen molar-refractivity contribution in [3.05, 3.63) is 125 Å². The molecule has 56 heavy (non-hydrogen) atoms. The Bertz CT molecular complexity index is 1880. The highest BCUT2D eigenvalue weighted by Crippen LogP contribution is 2.44. The molecule has 2 aliphatic heterocycles. The molecule has 4 aromatic carbocycles. The Labute approximate surface area is 330 Å². The third-order valence-electron chi connectivity index (χ3n) is 12.7. The monoisotopic (exact) mass is 767 g/mol. The molecular formula is C47H56F3N3O3. The van der Waals surface area contributed by atoms with Crippen LogP contribution in [0.1, 0.15) is 104 Å². The van der Waals surface area contributed by atoms with E-state index in [4.69, 9.17) is 15.2 Å². The predicted molar refractivity (Wildman–Crippen MR) is 214 cm³/mol. The van der Waals surface area contributed by atoms with E-state index in [0.29, 0.717) is 23.8 Å². The number of likely N-dealkylation sites (tertiary alicyclic amines) is 2. The second kappa shape index (κ2) is 17.6. The molecule has 3 aliphatic carbocycles. The van der Waals surface area contributed by atoms with Crippen LogP contribution in [-0.4, -0.2) is 61.0 Å². The summed E-state index contributed by atoms with van der Waals surface area (Å²) in [7, 11) is 0. The fraction of sp³-hybridized carbons (Fsp3) is 0.489. The topological polar surface area (TPSA) is 60.2 Å². The van der Waals surface area contributed by atoms with Crippen LogP contribution < -0.4 is 19.9 Å². The maximum atomic E-state index is 12.5. The van der Waals surface area contributed by atoms with Gasteiger partial charge in [-0.3, -0.25) is 4.90 Å². The van der Waals surface area contributed by atoms with Gasteiger partial charge in [0.05, 0.1) is 6.04 Å². The molecule has 2 saturated heterocycles. The first-order chi connectivity index (χ1) is 27.3. The molecule has 0 aromatic heterocycles. The smallest absolute Gasteiger partial charge is 0.485 e. The molecule has 5 aliphatic rings. The fourth-order valence-corrected chi connectivity index (χ4v) is 9.88. The van der Waals surface area contributed by atoms with Gasteiger partial charge in [-0.05, 0) is 116 Å². The zero-order valence-corrected chi connectivity index (χ0v) is 32.3. The Hall–Kier alpha value is -4.05. The Kier molecular flexibility index (Phi) is 12.2. The molecule has 3 fully saturated rings. The van der Waals surface area contributed by atoms with Crippen LogP contribution >= 0.6 is 0 Å². The third kappa shape index (κ3) is 9.38. The average Bonchev–Trinajstić information content (AvgIpc) is 3.95. The molecule has 0 amide bonds. The lowest BCUT2D eigenvalue weighted by Gasteiger charge is -2.38. The van der Waals surface area contributed by atoms with Crippen molar-refractivity contribution in [2.75, 3.05) is 32.7 Å². The maximum Gasteiger partial charge on any atom is 0.573 e. The van der Waals surface area contributed by atoms with Gasteiger partial charge < -0.3 is 24.8 Å². The lowest BCUT2D eigenvalue weighted by molar-refractivity contribution is -0.274. The molecule has 0 radical (unpaired) electrons. The minimum Gasteiger partial charge on any atom is -0.485 e. The summed E-state index contributed by atoms with van der Waals surface area (Å²) in [4.78, 5) is 5.12. The highest BCUT2D eigenvalue weighted by atomic mass is 19.4. The number of alkyl halides is 3. The number of nitrogens with zero attached hydrogens (tertiary/aromatic N) is 2. The van der Waals surface area contributed by atoms with Crippen LogP contribution in [0, 0.1) is 5.92 Å². The van der Waals surface area contributed by atoms with Gasteiger partial charge in [0.25, 0.3) is 0 Å². The van der Waals surface area contributed by atoms with Gasteiger partial charge in [-0.15, -0.1) is 13.2 Å². The molecule has 2 unspecified atom stereocenters. The molecular weight excluding hydrogens is 712 g/mol. The van der Waals surface area contributed by atoms with E-state index in [0.717, 1.165) is 69.7 Å². The first-order valence-corrected chi connectivity index (χ1v) is 20.9. The van der Waals surface area contributed by atoms with Crippen LogP contribution in [0.25, 0.3) is 0 Å². The second-order valence-corrected chi connectivity index (χ2v) is 16.5. The van der Waals surface area contributed by atoms with Crippen molar-refractivity contribution in [1.29, 1.82) is 0 Å². The fourth-order valence-electron chi connectivity index (χ4n) is 9.88. The van der Waals surface area contributed by atoms with Gasteiger partial charge in [0.15, 0.2) is 0 Å². The number of hydrogen-bond acceptors (Lipinski definition) is 6. The average molecular weight is 768 g/mol. The van der Waals surface area contributed by atoms with E-state index in [1.54, 1.807) is 6.07 Å². The van der Waals surface area contributed by atoms with Crippen LogP contribution in [0.3, 0.4) is 0 Å². The summed E-state index contributed by atoms with van der Waals surface area (Å²) in [5.41, 5.74) is 12.8. The zero-order chi connectivity index (χ0) is 38.5. The quantitative estimate of drug-likeness (QED) is 0.183. The minimum absolute atomic E-state index is 0.119. The van der Waals surface area contributed by atoms with E-state index in [1.807, 2.05) is 12.1 Å². The maximum absolute atomic E-state index is 12.5. The lowest BCUT2D eigenvalue weighted by Crippen LogP contribution is -2.47. The van der Waals surface area contributed by atoms with E-state index in [-0.39, 0.29) is 23.9 Å². The van der Waals surface area contributed by atoms with Gasteiger partial charge in [0.2, 0.25) is 0 Å². The predicted octanol–water partition coefficient (Wildman–Crippen LogP) is 10.2. The number of piperidine rings is 2. The number of fused-ring (bicyclic) bond motifs is 2. The summed E-state index contributed by atoms with van der Waals surface area (Å²) in [5, 5.41) is 0. The number of para-hydroxylation sites is 1. The van der Waals surface area contributed by atoms with Gasteiger partial charge in [0.1, 0.15) is 29.5 Å². The third-order valence-corrected chi connectivity index (χ3v) is 12.7.